The summed E-state index contributed by atoms with van der Waals surface area (Å²) in [5, 5.41) is 8.46. The van der Waals surface area contributed by atoms with Crippen LogP contribution in [0, 0.1) is 17.8 Å². The first kappa shape index (κ1) is 9.56. The van der Waals surface area contributed by atoms with Gasteiger partial charge in [0.25, 0.3) is 0 Å². The van der Waals surface area contributed by atoms with E-state index >= 15 is 0 Å². The van der Waals surface area contributed by atoms with Crippen molar-refractivity contribution in [1.29, 1.82) is 0 Å². The average molecular weight is 170 g/mol. The van der Waals surface area contributed by atoms with Crippen molar-refractivity contribution < 1.29 is 9.90 Å². The summed E-state index contributed by atoms with van der Waals surface area (Å²) < 4.78 is 0. The number of carboxylic acids is 1. The van der Waals surface area contributed by atoms with Crippen molar-refractivity contribution in [3.63, 3.8) is 0 Å². The molecule has 0 aromatic carbocycles. The monoisotopic (exact) mass is 170 g/mol. The van der Waals surface area contributed by atoms with Gasteiger partial charge in [-0.15, -0.1) is 0 Å². The third kappa shape index (κ3) is 3.24. The minimum atomic E-state index is -0.648. The van der Waals surface area contributed by atoms with Crippen LogP contribution in [0.2, 0.25) is 0 Å². The third-order valence-corrected chi connectivity index (χ3v) is 2.57. The zero-order valence-electron chi connectivity index (χ0n) is 7.92. The van der Waals surface area contributed by atoms with E-state index in [1.54, 1.807) is 0 Å². The van der Waals surface area contributed by atoms with E-state index in [0.717, 1.165) is 24.2 Å². The molecule has 0 aromatic rings. The van der Waals surface area contributed by atoms with Crippen LogP contribution in [0.4, 0.5) is 0 Å². The first-order valence-corrected chi connectivity index (χ1v) is 4.81. The van der Waals surface area contributed by atoms with Crippen LogP contribution in [0.3, 0.4) is 0 Å². The Bertz CT molecular complexity index is 163. The van der Waals surface area contributed by atoms with Crippen molar-refractivity contribution in [2.24, 2.45) is 17.8 Å². The maximum atomic E-state index is 10.3. The minimum Gasteiger partial charge on any atom is -0.481 e. The maximum Gasteiger partial charge on any atom is 0.303 e. The molecule has 1 rings (SSSR count). The van der Waals surface area contributed by atoms with Gasteiger partial charge in [-0.3, -0.25) is 4.79 Å². The molecule has 70 valence electrons. The molecule has 0 heterocycles. The predicted octanol–water partition coefficient (Wildman–Crippen LogP) is 2.53. The molecular formula is C10H18O2. The third-order valence-electron chi connectivity index (χ3n) is 2.57. The van der Waals surface area contributed by atoms with E-state index in [1.165, 1.54) is 12.8 Å². The number of hydrogen-bond donors (Lipinski definition) is 1. The van der Waals surface area contributed by atoms with E-state index < -0.39 is 5.97 Å². The van der Waals surface area contributed by atoms with Crippen molar-refractivity contribution in [3.8, 4) is 0 Å². The van der Waals surface area contributed by atoms with Crippen LogP contribution in [-0.4, -0.2) is 11.1 Å². The van der Waals surface area contributed by atoms with Gasteiger partial charge in [0.05, 0.1) is 0 Å². The van der Waals surface area contributed by atoms with E-state index in [1.807, 2.05) is 0 Å². The number of rotatable bonds is 5. The number of carboxylic acid groups (broad SMARTS) is 1. The Morgan fingerprint density at radius 1 is 1.50 bits per heavy atom. The first-order chi connectivity index (χ1) is 5.59. The molecule has 0 aliphatic heterocycles. The van der Waals surface area contributed by atoms with E-state index in [9.17, 15) is 4.79 Å². The van der Waals surface area contributed by atoms with Crippen LogP contribution < -0.4 is 0 Å². The predicted molar refractivity (Wildman–Crippen MR) is 47.9 cm³/mol. The number of hydrogen-bond acceptors (Lipinski definition) is 1. The standard InChI is InChI=1S/C10H18O2/c1-7(2)5-9-6-8(9)3-4-10(11)12/h7-9H,3-6H2,1-2H3,(H,11,12). The van der Waals surface area contributed by atoms with Gasteiger partial charge in [0, 0.05) is 6.42 Å². The second-order valence-electron chi connectivity index (χ2n) is 4.32. The highest BCUT2D eigenvalue weighted by Crippen LogP contribution is 2.45. The molecular weight excluding hydrogens is 152 g/mol. The highest BCUT2D eigenvalue weighted by molar-refractivity contribution is 5.66. The molecule has 12 heavy (non-hydrogen) atoms. The fraction of sp³-hybridized carbons (Fsp3) is 0.900. The smallest absolute Gasteiger partial charge is 0.303 e. The number of aliphatic carboxylic acids is 1. The van der Waals surface area contributed by atoms with Gasteiger partial charge in [-0.2, -0.15) is 0 Å². The Labute approximate surface area is 74.0 Å². The lowest BCUT2D eigenvalue weighted by molar-refractivity contribution is -0.137. The highest BCUT2D eigenvalue weighted by atomic mass is 16.4. The topological polar surface area (TPSA) is 37.3 Å². The first-order valence-electron chi connectivity index (χ1n) is 4.81. The lowest BCUT2D eigenvalue weighted by Crippen LogP contribution is -1.96. The molecule has 1 fully saturated rings. The van der Waals surface area contributed by atoms with Crippen LogP contribution in [0.25, 0.3) is 0 Å². The second-order valence-corrected chi connectivity index (χ2v) is 4.32. The van der Waals surface area contributed by atoms with Gasteiger partial charge in [-0.1, -0.05) is 13.8 Å². The average Bonchev–Trinajstić information content (AvgIpc) is 2.62. The zero-order chi connectivity index (χ0) is 9.14. The summed E-state index contributed by atoms with van der Waals surface area (Å²) in [6.45, 7) is 4.46. The molecule has 2 unspecified atom stereocenters. The summed E-state index contributed by atoms with van der Waals surface area (Å²) in [5.74, 6) is 1.68. The van der Waals surface area contributed by atoms with Crippen molar-refractivity contribution >= 4 is 5.97 Å². The summed E-state index contributed by atoms with van der Waals surface area (Å²) in [7, 11) is 0. The maximum absolute atomic E-state index is 10.3. The van der Waals surface area contributed by atoms with Crippen LogP contribution >= 0.6 is 0 Å². The molecule has 0 aromatic heterocycles. The summed E-state index contributed by atoms with van der Waals surface area (Å²) in [6.07, 6.45) is 3.81. The Balaban J connectivity index is 2.04. The molecule has 1 aliphatic rings. The van der Waals surface area contributed by atoms with Gasteiger partial charge in [-0.05, 0) is 37.0 Å². The Hall–Kier alpha value is -0.530. The lowest BCUT2D eigenvalue weighted by atomic mass is 10.0. The molecule has 0 spiro atoms. The quantitative estimate of drug-likeness (QED) is 0.688. The van der Waals surface area contributed by atoms with Gasteiger partial charge in [-0.25, -0.2) is 0 Å². The molecule has 0 bridgehead atoms. The normalized spacial score (nSPS) is 27.6. The largest absolute Gasteiger partial charge is 0.481 e. The zero-order valence-corrected chi connectivity index (χ0v) is 7.92. The van der Waals surface area contributed by atoms with Crippen LogP contribution in [-0.2, 0) is 4.79 Å². The highest BCUT2D eigenvalue weighted by Gasteiger charge is 2.36. The van der Waals surface area contributed by atoms with Crippen molar-refractivity contribution in [1.82, 2.24) is 0 Å². The van der Waals surface area contributed by atoms with E-state index in [-0.39, 0.29) is 0 Å². The summed E-state index contributed by atoms with van der Waals surface area (Å²) in [4.78, 5) is 10.3. The SMILES string of the molecule is CC(C)CC1CC1CCC(=O)O. The van der Waals surface area contributed by atoms with Crippen molar-refractivity contribution in [2.75, 3.05) is 0 Å². The van der Waals surface area contributed by atoms with Gasteiger partial charge in [0.2, 0.25) is 0 Å². The molecule has 0 amide bonds. The molecule has 2 heteroatoms. The Morgan fingerprint density at radius 3 is 2.67 bits per heavy atom. The molecule has 2 atom stereocenters. The lowest BCUT2D eigenvalue weighted by Gasteiger charge is -2.01. The van der Waals surface area contributed by atoms with Gasteiger partial charge < -0.3 is 5.11 Å². The van der Waals surface area contributed by atoms with Gasteiger partial charge in [0.15, 0.2) is 0 Å². The molecule has 0 saturated heterocycles. The van der Waals surface area contributed by atoms with Crippen molar-refractivity contribution in [2.45, 2.75) is 39.5 Å². The fourth-order valence-corrected chi connectivity index (χ4v) is 1.87. The number of carbonyl (C=O) groups is 1. The van der Waals surface area contributed by atoms with E-state index in [0.29, 0.717) is 6.42 Å². The van der Waals surface area contributed by atoms with Crippen LogP contribution in [0.15, 0.2) is 0 Å². The Kier molecular flexibility index (Phi) is 3.12. The molecule has 0 radical (unpaired) electrons. The minimum absolute atomic E-state index is 0.360. The van der Waals surface area contributed by atoms with E-state index in [4.69, 9.17) is 5.11 Å². The van der Waals surface area contributed by atoms with E-state index in [2.05, 4.69) is 13.8 Å². The van der Waals surface area contributed by atoms with Gasteiger partial charge in [0.1, 0.15) is 0 Å². The second kappa shape index (κ2) is 3.92. The molecule has 1 saturated carbocycles. The molecule has 1 N–H and O–H groups in total. The van der Waals surface area contributed by atoms with Crippen LogP contribution in [0.5, 0.6) is 0 Å². The molecule has 1 aliphatic carbocycles. The van der Waals surface area contributed by atoms with Gasteiger partial charge >= 0.3 is 5.97 Å². The fourth-order valence-electron chi connectivity index (χ4n) is 1.87. The van der Waals surface area contributed by atoms with Crippen molar-refractivity contribution in [3.05, 3.63) is 0 Å². The summed E-state index contributed by atoms with van der Waals surface area (Å²) in [6, 6.07) is 0. The summed E-state index contributed by atoms with van der Waals surface area (Å²) >= 11 is 0. The Morgan fingerprint density at radius 2 is 2.17 bits per heavy atom. The van der Waals surface area contributed by atoms with Crippen LogP contribution in [0.1, 0.15) is 39.5 Å². The summed E-state index contributed by atoms with van der Waals surface area (Å²) in [5.41, 5.74) is 0. The molecule has 2 nitrogen and oxygen atoms in total.